The summed E-state index contributed by atoms with van der Waals surface area (Å²) in [5, 5.41) is 6.22. The molecule has 5 nitrogen and oxygen atoms in total. The fourth-order valence-electron chi connectivity index (χ4n) is 2.65. The predicted octanol–water partition coefficient (Wildman–Crippen LogP) is 2.53. The van der Waals surface area contributed by atoms with Crippen molar-refractivity contribution in [3.63, 3.8) is 0 Å². The van der Waals surface area contributed by atoms with Gasteiger partial charge in [-0.15, -0.1) is 0 Å². The Morgan fingerprint density at radius 2 is 1.92 bits per heavy atom. The van der Waals surface area contributed by atoms with Crippen LogP contribution in [0.1, 0.15) is 22.7 Å². The number of rotatable bonds is 7. The molecule has 0 spiro atoms. The van der Waals surface area contributed by atoms with Gasteiger partial charge in [0, 0.05) is 19.3 Å². The van der Waals surface area contributed by atoms with Crippen molar-refractivity contribution >= 4 is 11.7 Å². The second-order valence-electron chi connectivity index (χ2n) is 6.16. The van der Waals surface area contributed by atoms with E-state index in [1.807, 2.05) is 69.2 Å². The van der Waals surface area contributed by atoms with E-state index >= 15 is 0 Å². The Hall–Kier alpha value is -2.40. The molecule has 5 heteroatoms. The summed E-state index contributed by atoms with van der Waals surface area (Å²) in [7, 11) is 3.84. The van der Waals surface area contributed by atoms with Crippen molar-refractivity contribution in [3.05, 3.63) is 59.3 Å². The number of nitrogens with one attached hydrogen (secondary N) is 2. The van der Waals surface area contributed by atoms with Gasteiger partial charge < -0.3 is 10.6 Å². The van der Waals surface area contributed by atoms with Crippen LogP contribution in [0.2, 0.25) is 0 Å². The molecule has 0 fully saturated rings. The molecule has 1 aromatic carbocycles. The number of carbonyl (C=O) groups excluding carboxylic acids is 1. The fourth-order valence-corrected chi connectivity index (χ4v) is 2.65. The van der Waals surface area contributed by atoms with E-state index in [-0.39, 0.29) is 11.9 Å². The smallest absolute Gasteiger partial charge is 0.242 e. The van der Waals surface area contributed by atoms with Crippen LogP contribution in [0.25, 0.3) is 0 Å². The first kappa shape index (κ1) is 17.9. The molecule has 2 N–H and O–H groups in total. The molecule has 2 aromatic rings. The van der Waals surface area contributed by atoms with Crippen LogP contribution in [-0.2, 0) is 4.79 Å². The van der Waals surface area contributed by atoms with Gasteiger partial charge >= 0.3 is 0 Å². The van der Waals surface area contributed by atoms with E-state index in [1.54, 1.807) is 6.20 Å². The standard InChI is InChI=1S/C19H26N4O/c1-14-9-10-20-17(13-14)21-11-12-22-19(24)18(23(3)4)16-8-6-5-7-15(16)2/h5-10,13,18H,11-12H2,1-4H3,(H,20,21)(H,22,24)/t18-/m1/s1. The minimum atomic E-state index is -0.289. The highest BCUT2D eigenvalue weighted by atomic mass is 16.2. The van der Waals surface area contributed by atoms with Crippen LogP contribution in [0, 0.1) is 13.8 Å². The van der Waals surface area contributed by atoms with Gasteiger partial charge in [0.2, 0.25) is 5.91 Å². The maximum Gasteiger partial charge on any atom is 0.242 e. The summed E-state index contributed by atoms with van der Waals surface area (Å²) >= 11 is 0. The first-order chi connectivity index (χ1) is 11.5. The van der Waals surface area contributed by atoms with Gasteiger partial charge in [0.05, 0.1) is 0 Å². The SMILES string of the molecule is Cc1ccnc(NCCNC(=O)[C@@H](c2ccccc2C)N(C)C)c1. The topological polar surface area (TPSA) is 57.3 Å². The number of nitrogens with zero attached hydrogens (tertiary/aromatic N) is 2. The third-order valence-electron chi connectivity index (χ3n) is 3.89. The monoisotopic (exact) mass is 326 g/mol. The summed E-state index contributed by atoms with van der Waals surface area (Å²) in [6.07, 6.45) is 1.77. The highest BCUT2D eigenvalue weighted by Gasteiger charge is 2.23. The number of hydrogen-bond acceptors (Lipinski definition) is 4. The van der Waals surface area contributed by atoms with Gasteiger partial charge in [-0.2, -0.15) is 0 Å². The Morgan fingerprint density at radius 3 is 2.58 bits per heavy atom. The minimum absolute atomic E-state index is 0.00769. The molecule has 0 saturated carbocycles. The molecular formula is C19H26N4O. The zero-order chi connectivity index (χ0) is 17.5. The number of pyridine rings is 1. The zero-order valence-corrected chi connectivity index (χ0v) is 14.8. The minimum Gasteiger partial charge on any atom is -0.368 e. The first-order valence-electron chi connectivity index (χ1n) is 8.15. The number of amides is 1. The van der Waals surface area contributed by atoms with E-state index in [9.17, 15) is 4.79 Å². The lowest BCUT2D eigenvalue weighted by molar-refractivity contribution is -0.125. The van der Waals surface area contributed by atoms with Gasteiger partial charge in [0.25, 0.3) is 0 Å². The summed E-state index contributed by atoms with van der Waals surface area (Å²) in [4.78, 5) is 18.8. The lowest BCUT2D eigenvalue weighted by atomic mass is 10.00. The van der Waals surface area contributed by atoms with Gasteiger partial charge in [-0.05, 0) is 56.8 Å². The van der Waals surface area contributed by atoms with Crippen LogP contribution < -0.4 is 10.6 Å². The molecule has 0 unspecified atom stereocenters. The molecular weight excluding hydrogens is 300 g/mol. The molecule has 1 heterocycles. The highest BCUT2D eigenvalue weighted by Crippen LogP contribution is 2.21. The number of benzene rings is 1. The maximum atomic E-state index is 12.6. The average molecular weight is 326 g/mol. The fraction of sp³-hybridized carbons (Fsp3) is 0.368. The number of likely N-dealkylation sites (N-methyl/N-ethyl adjacent to an activating group) is 1. The van der Waals surface area contributed by atoms with E-state index in [2.05, 4.69) is 15.6 Å². The average Bonchev–Trinajstić information content (AvgIpc) is 2.53. The Morgan fingerprint density at radius 1 is 1.17 bits per heavy atom. The summed E-state index contributed by atoms with van der Waals surface area (Å²) < 4.78 is 0. The molecule has 0 aliphatic carbocycles. The van der Waals surface area contributed by atoms with Crippen molar-refractivity contribution in [2.75, 3.05) is 32.5 Å². The van der Waals surface area contributed by atoms with Crippen LogP contribution >= 0.6 is 0 Å². The Balaban J connectivity index is 1.91. The van der Waals surface area contributed by atoms with Gasteiger partial charge in [-0.25, -0.2) is 4.98 Å². The lowest BCUT2D eigenvalue weighted by Gasteiger charge is -2.25. The van der Waals surface area contributed by atoms with E-state index in [1.165, 1.54) is 0 Å². The molecule has 128 valence electrons. The van der Waals surface area contributed by atoms with Crippen molar-refractivity contribution in [2.45, 2.75) is 19.9 Å². The van der Waals surface area contributed by atoms with Crippen molar-refractivity contribution in [2.24, 2.45) is 0 Å². The number of carbonyl (C=O) groups is 1. The van der Waals surface area contributed by atoms with Crippen LogP contribution in [0.3, 0.4) is 0 Å². The molecule has 0 saturated heterocycles. The molecule has 1 aromatic heterocycles. The summed E-state index contributed by atoms with van der Waals surface area (Å²) in [6.45, 7) is 5.24. The summed E-state index contributed by atoms with van der Waals surface area (Å²) in [6, 6.07) is 11.6. The van der Waals surface area contributed by atoms with Crippen LogP contribution in [0.15, 0.2) is 42.6 Å². The third-order valence-corrected chi connectivity index (χ3v) is 3.89. The van der Waals surface area contributed by atoms with Crippen molar-refractivity contribution in [3.8, 4) is 0 Å². The second-order valence-corrected chi connectivity index (χ2v) is 6.16. The van der Waals surface area contributed by atoms with Gasteiger partial charge in [0.1, 0.15) is 11.9 Å². The van der Waals surface area contributed by atoms with Crippen molar-refractivity contribution < 1.29 is 4.79 Å². The van der Waals surface area contributed by atoms with E-state index in [4.69, 9.17) is 0 Å². The van der Waals surface area contributed by atoms with Gasteiger partial charge in [-0.3, -0.25) is 9.69 Å². The lowest BCUT2D eigenvalue weighted by Crippen LogP contribution is -2.39. The molecule has 0 aliphatic heterocycles. The van der Waals surface area contributed by atoms with E-state index < -0.39 is 0 Å². The molecule has 0 aliphatic rings. The van der Waals surface area contributed by atoms with Gasteiger partial charge in [0.15, 0.2) is 0 Å². The molecule has 24 heavy (non-hydrogen) atoms. The zero-order valence-electron chi connectivity index (χ0n) is 14.8. The quantitative estimate of drug-likeness (QED) is 0.768. The third kappa shape index (κ3) is 4.80. The summed E-state index contributed by atoms with van der Waals surface area (Å²) in [5.41, 5.74) is 3.31. The molecule has 1 atom stereocenters. The van der Waals surface area contributed by atoms with Crippen molar-refractivity contribution in [1.82, 2.24) is 15.2 Å². The second kappa shape index (κ2) is 8.45. The number of aryl methyl sites for hydroxylation is 2. The normalized spacial score (nSPS) is 12.0. The predicted molar refractivity (Wildman–Crippen MR) is 98.1 cm³/mol. The first-order valence-corrected chi connectivity index (χ1v) is 8.15. The van der Waals surface area contributed by atoms with Crippen LogP contribution in [0.5, 0.6) is 0 Å². The largest absolute Gasteiger partial charge is 0.368 e. The Bertz CT molecular complexity index is 685. The molecule has 2 rings (SSSR count). The maximum absolute atomic E-state index is 12.6. The molecule has 1 amide bonds. The van der Waals surface area contributed by atoms with Crippen LogP contribution in [0.4, 0.5) is 5.82 Å². The van der Waals surface area contributed by atoms with Gasteiger partial charge in [-0.1, -0.05) is 24.3 Å². The van der Waals surface area contributed by atoms with E-state index in [0.29, 0.717) is 13.1 Å². The Labute approximate surface area is 144 Å². The number of anilines is 1. The molecule has 0 bridgehead atoms. The number of hydrogen-bond donors (Lipinski definition) is 2. The van der Waals surface area contributed by atoms with Crippen molar-refractivity contribution in [1.29, 1.82) is 0 Å². The van der Waals surface area contributed by atoms with Crippen LogP contribution in [-0.4, -0.2) is 43.0 Å². The highest BCUT2D eigenvalue weighted by molar-refractivity contribution is 5.83. The number of aromatic nitrogens is 1. The van der Waals surface area contributed by atoms with E-state index in [0.717, 1.165) is 22.5 Å². The summed E-state index contributed by atoms with van der Waals surface area (Å²) in [5.74, 6) is 0.834. The Kier molecular flexibility index (Phi) is 6.32. The molecule has 0 radical (unpaired) electrons.